The molecule has 1 aromatic carbocycles. The van der Waals surface area contributed by atoms with Crippen molar-refractivity contribution in [2.45, 2.75) is 25.8 Å². The highest BCUT2D eigenvalue weighted by Crippen LogP contribution is 2.29. The maximum absolute atomic E-state index is 9.38. The summed E-state index contributed by atoms with van der Waals surface area (Å²) in [5.41, 5.74) is 6.94. The standard InChI is InChI=1S/C11H17NO2.ClH/c1-3-4-9(12)8-5-6-10(13)11(7-8)14-2;/h5-7,9,13H,3-4,12H2,1-2H3;1H/t9-;/m0./s1. The number of nitrogens with two attached hydrogens (primary N) is 1. The summed E-state index contributed by atoms with van der Waals surface area (Å²) in [6.07, 6.45) is 1.98. The van der Waals surface area contributed by atoms with E-state index < -0.39 is 0 Å². The molecule has 0 heterocycles. The quantitative estimate of drug-likeness (QED) is 0.838. The van der Waals surface area contributed by atoms with Crippen LogP contribution in [0.5, 0.6) is 11.5 Å². The first-order valence-corrected chi connectivity index (χ1v) is 4.81. The number of halogens is 1. The molecule has 3 N–H and O–H groups in total. The number of phenolic OH excluding ortho intramolecular Hbond substituents is 1. The van der Waals surface area contributed by atoms with Crippen LogP contribution in [0.15, 0.2) is 18.2 Å². The minimum Gasteiger partial charge on any atom is -0.504 e. The Labute approximate surface area is 96.7 Å². The van der Waals surface area contributed by atoms with Crippen LogP contribution in [-0.4, -0.2) is 12.2 Å². The number of aromatic hydroxyl groups is 1. The number of methoxy groups -OCH3 is 1. The van der Waals surface area contributed by atoms with E-state index in [1.807, 2.05) is 6.07 Å². The largest absolute Gasteiger partial charge is 0.504 e. The van der Waals surface area contributed by atoms with Crippen LogP contribution in [-0.2, 0) is 0 Å². The second-order valence-corrected chi connectivity index (χ2v) is 3.33. The SMILES string of the molecule is CCC[C@H](N)c1ccc(O)c(OC)c1.Cl. The fourth-order valence-corrected chi connectivity index (χ4v) is 1.40. The smallest absolute Gasteiger partial charge is 0.160 e. The van der Waals surface area contributed by atoms with E-state index in [1.165, 1.54) is 7.11 Å². The van der Waals surface area contributed by atoms with Crippen LogP contribution in [0.3, 0.4) is 0 Å². The summed E-state index contributed by atoms with van der Waals surface area (Å²) in [7, 11) is 1.53. The lowest BCUT2D eigenvalue weighted by molar-refractivity contribution is 0.372. The molecular weight excluding hydrogens is 214 g/mol. The van der Waals surface area contributed by atoms with Gasteiger partial charge in [-0.15, -0.1) is 12.4 Å². The summed E-state index contributed by atoms with van der Waals surface area (Å²) < 4.78 is 5.01. The van der Waals surface area contributed by atoms with E-state index in [4.69, 9.17) is 10.5 Å². The Morgan fingerprint density at radius 2 is 2.13 bits per heavy atom. The van der Waals surface area contributed by atoms with E-state index in [9.17, 15) is 5.11 Å². The number of hydrogen-bond donors (Lipinski definition) is 2. The summed E-state index contributed by atoms with van der Waals surface area (Å²) in [5, 5.41) is 9.38. The molecule has 0 spiro atoms. The van der Waals surface area contributed by atoms with Gasteiger partial charge >= 0.3 is 0 Å². The number of ether oxygens (including phenoxy) is 1. The molecule has 0 aliphatic rings. The van der Waals surface area contributed by atoms with E-state index in [0.717, 1.165) is 18.4 Å². The summed E-state index contributed by atoms with van der Waals surface area (Å²) in [6, 6.07) is 5.26. The van der Waals surface area contributed by atoms with Gasteiger partial charge in [0.1, 0.15) is 0 Å². The third-order valence-corrected chi connectivity index (χ3v) is 2.23. The van der Waals surface area contributed by atoms with E-state index >= 15 is 0 Å². The lowest BCUT2D eigenvalue weighted by Crippen LogP contribution is -2.09. The van der Waals surface area contributed by atoms with Crippen molar-refractivity contribution in [2.24, 2.45) is 5.73 Å². The van der Waals surface area contributed by atoms with Crippen molar-refractivity contribution in [3.8, 4) is 11.5 Å². The van der Waals surface area contributed by atoms with Crippen LogP contribution in [0.4, 0.5) is 0 Å². The molecule has 0 radical (unpaired) electrons. The van der Waals surface area contributed by atoms with Gasteiger partial charge in [0, 0.05) is 6.04 Å². The molecule has 0 saturated carbocycles. The summed E-state index contributed by atoms with van der Waals surface area (Å²) >= 11 is 0. The molecular formula is C11H18ClNO2. The van der Waals surface area contributed by atoms with Crippen molar-refractivity contribution >= 4 is 12.4 Å². The zero-order chi connectivity index (χ0) is 10.6. The maximum Gasteiger partial charge on any atom is 0.160 e. The first-order chi connectivity index (χ1) is 6.69. The number of phenols is 1. The molecule has 15 heavy (non-hydrogen) atoms. The van der Waals surface area contributed by atoms with Gasteiger partial charge < -0.3 is 15.6 Å². The van der Waals surface area contributed by atoms with Gasteiger partial charge in [-0.25, -0.2) is 0 Å². The summed E-state index contributed by atoms with van der Waals surface area (Å²) in [5.74, 6) is 0.633. The number of rotatable bonds is 4. The minimum atomic E-state index is 0. The molecule has 1 atom stereocenters. The second kappa shape index (κ2) is 6.53. The molecule has 1 rings (SSSR count). The van der Waals surface area contributed by atoms with E-state index in [2.05, 4.69) is 6.92 Å². The van der Waals surface area contributed by atoms with Gasteiger partial charge in [0.2, 0.25) is 0 Å². The van der Waals surface area contributed by atoms with Gasteiger partial charge in [0.25, 0.3) is 0 Å². The molecule has 0 amide bonds. The van der Waals surface area contributed by atoms with Crippen LogP contribution in [0.2, 0.25) is 0 Å². The molecule has 4 heteroatoms. The Bertz CT molecular complexity index is 305. The zero-order valence-corrected chi connectivity index (χ0v) is 9.88. The molecule has 0 saturated heterocycles. The molecule has 0 aliphatic heterocycles. The fraction of sp³-hybridized carbons (Fsp3) is 0.455. The zero-order valence-electron chi connectivity index (χ0n) is 9.06. The van der Waals surface area contributed by atoms with E-state index in [0.29, 0.717) is 5.75 Å². The summed E-state index contributed by atoms with van der Waals surface area (Å²) in [6.45, 7) is 2.09. The highest BCUT2D eigenvalue weighted by molar-refractivity contribution is 5.85. The fourth-order valence-electron chi connectivity index (χ4n) is 1.40. The number of hydrogen-bond acceptors (Lipinski definition) is 3. The Morgan fingerprint density at radius 3 is 2.67 bits per heavy atom. The van der Waals surface area contributed by atoms with E-state index in [-0.39, 0.29) is 24.2 Å². The van der Waals surface area contributed by atoms with Crippen LogP contribution < -0.4 is 10.5 Å². The molecule has 0 bridgehead atoms. The Hall–Kier alpha value is -0.930. The lowest BCUT2D eigenvalue weighted by Gasteiger charge is -2.12. The Balaban J connectivity index is 0.00000196. The maximum atomic E-state index is 9.38. The molecule has 3 nitrogen and oxygen atoms in total. The molecule has 0 aliphatic carbocycles. The monoisotopic (exact) mass is 231 g/mol. The third kappa shape index (κ3) is 3.61. The van der Waals surface area contributed by atoms with E-state index in [1.54, 1.807) is 12.1 Å². The summed E-state index contributed by atoms with van der Waals surface area (Å²) in [4.78, 5) is 0. The van der Waals surface area contributed by atoms with Gasteiger partial charge in [-0.05, 0) is 24.1 Å². The van der Waals surface area contributed by atoms with Gasteiger partial charge in [-0.1, -0.05) is 19.4 Å². The number of benzene rings is 1. The molecule has 1 aromatic rings. The molecule has 0 aromatic heterocycles. The van der Waals surface area contributed by atoms with Crippen LogP contribution >= 0.6 is 12.4 Å². The van der Waals surface area contributed by atoms with Crippen molar-refractivity contribution < 1.29 is 9.84 Å². The Kier molecular flexibility index (Phi) is 6.13. The molecule has 0 unspecified atom stereocenters. The highest BCUT2D eigenvalue weighted by Gasteiger charge is 2.08. The van der Waals surface area contributed by atoms with Gasteiger partial charge in [0.15, 0.2) is 11.5 Å². The van der Waals surface area contributed by atoms with Crippen molar-refractivity contribution in [3.05, 3.63) is 23.8 Å². The minimum absolute atomic E-state index is 0. The van der Waals surface area contributed by atoms with Crippen molar-refractivity contribution in [1.82, 2.24) is 0 Å². The average molecular weight is 232 g/mol. The van der Waals surface area contributed by atoms with Crippen LogP contribution in [0.1, 0.15) is 31.4 Å². The first kappa shape index (κ1) is 14.1. The normalized spacial score (nSPS) is 11.7. The highest BCUT2D eigenvalue weighted by atomic mass is 35.5. The van der Waals surface area contributed by atoms with Crippen LogP contribution in [0, 0.1) is 0 Å². The predicted molar refractivity (Wildman–Crippen MR) is 63.7 cm³/mol. The topological polar surface area (TPSA) is 55.5 Å². The van der Waals surface area contributed by atoms with Crippen molar-refractivity contribution in [3.63, 3.8) is 0 Å². The van der Waals surface area contributed by atoms with Gasteiger partial charge in [-0.2, -0.15) is 0 Å². The Morgan fingerprint density at radius 1 is 1.47 bits per heavy atom. The predicted octanol–water partition coefficient (Wildman–Crippen LogP) is 2.62. The molecule has 0 fully saturated rings. The van der Waals surface area contributed by atoms with Crippen molar-refractivity contribution in [1.29, 1.82) is 0 Å². The second-order valence-electron chi connectivity index (χ2n) is 3.33. The van der Waals surface area contributed by atoms with Gasteiger partial charge in [-0.3, -0.25) is 0 Å². The van der Waals surface area contributed by atoms with Gasteiger partial charge in [0.05, 0.1) is 7.11 Å². The molecule has 86 valence electrons. The van der Waals surface area contributed by atoms with Crippen molar-refractivity contribution in [2.75, 3.05) is 7.11 Å². The third-order valence-electron chi connectivity index (χ3n) is 2.23. The first-order valence-electron chi connectivity index (χ1n) is 4.81. The lowest BCUT2D eigenvalue weighted by atomic mass is 10.0. The average Bonchev–Trinajstić information content (AvgIpc) is 2.19. The van der Waals surface area contributed by atoms with Crippen LogP contribution in [0.25, 0.3) is 0 Å².